The minimum absolute atomic E-state index is 0.0326. The molecule has 0 atom stereocenters. The molecule has 27 heavy (non-hydrogen) atoms. The molecule has 140 valence electrons. The molecule has 1 aromatic heterocycles. The fourth-order valence-electron chi connectivity index (χ4n) is 3.51. The number of benzene rings is 2. The van der Waals surface area contributed by atoms with Crippen molar-refractivity contribution >= 4 is 33.3 Å². The van der Waals surface area contributed by atoms with Gasteiger partial charge in [-0.2, -0.15) is 0 Å². The van der Waals surface area contributed by atoms with E-state index >= 15 is 0 Å². The van der Waals surface area contributed by atoms with Crippen LogP contribution in [0, 0.1) is 6.92 Å². The minimum atomic E-state index is 0.0326. The Morgan fingerprint density at radius 2 is 1.89 bits per heavy atom. The molecule has 4 rings (SSSR count). The Balaban J connectivity index is 1.27. The van der Waals surface area contributed by atoms with Crippen LogP contribution < -0.4 is 10.2 Å². The Labute approximate surface area is 163 Å². The highest BCUT2D eigenvalue weighted by Crippen LogP contribution is 2.21. The molecule has 0 unspecified atom stereocenters. The molecule has 0 aliphatic carbocycles. The van der Waals surface area contributed by atoms with Crippen LogP contribution >= 0.6 is 11.3 Å². The van der Waals surface area contributed by atoms with Crippen LogP contribution in [0.5, 0.6) is 0 Å². The molecule has 5 nitrogen and oxygen atoms in total. The number of fused-ring (bicyclic) bond motifs is 1. The zero-order valence-corrected chi connectivity index (χ0v) is 16.3. The zero-order chi connectivity index (χ0) is 18.6. The number of carbonyl (C=O) groups excluding carboxylic acids is 1. The number of piperazine rings is 1. The average Bonchev–Trinajstić information content (AvgIpc) is 3.14. The lowest BCUT2D eigenvalue weighted by Gasteiger charge is -2.34. The molecule has 0 spiro atoms. The van der Waals surface area contributed by atoms with E-state index in [-0.39, 0.29) is 6.03 Å². The van der Waals surface area contributed by atoms with Gasteiger partial charge in [0.15, 0.2) is 5.13 Å². The zero-order valence-electron chi connectivity index (χ0n) is 15.5. The normalized spacial score (nSPS) is 14.6. The molecule has 2 aromatic carbocycles. The summed E-state index contributed by atoms with van der Waals surface area (Å²) in [7, 11) is 0. The molecule has 2 heterocycles. The highest BCUT2D eigenvalue weighted by Gasteiger charge is 2.22. The van der Waals surface area contributed by atoms with Gasteiger partial charge in [-0.05, 0) is 29.7 Å². The number of urea groups is 1. The number of nitrogens with one attached hydrogen (secondary N) is 1. The number of hydrogen-bond donors (Lipinski definition) is 1. The van der Waals surface area contributed by atoms with Crippen LogP contribution in [0.2, 0.25) is 0 Å². The van der Waals surface area contributed by atoms with Gasteiger partial charge in [-0.3, -0.25) is 0 Å². The smallest absolute Gasteiger partial charge is 0.317 e. The minimum Gasteiger partial charge on any atom is -0.345 e. The number of anilines is 1. The average molecular weight is 381 g/mol. The van der Waals surface area contributed by atoms with Crippen molar-refractivity contribution in [1.82, 2.24) is 15.2 Å². The van der Waals surface area contributed by atoms with E-state index in [9.17, 15) is 4.79 Å². The van der Waals surface area contributed by atoms with Crippen LogP contribution in [-0.2, 0) is 6.42 Å². The number of hydrogen-bond acceptors (Lipinski definition) is 4. The molecule has 0 radical (unpaired) electrons. The van der Waals surface area contributed by atoms with Gasteiger partial charge in [0.1, 0.15) is 0 Å². The Kier molecular flexibility index (Phi) is 5.25. The Hall–Kier alpha value is -2.60. The quantitative estimate of drug-likeness (QED) is 0.751. The lowest BCUT2D eigenvalue weighted by molar-refractivity contribution is 0.194. The number of aryl methyl sites for hydroxylation is 1. The second-order valence-corrected chi connectivity index (χ2v) is 7.70. The van der Waals surface area contributed by atoms with Gasteiger partial charge in [0.25, 0.3) is 0 Å². The summed E-state index contributed by atoms with van der Waals surface area (Å²) in [5.74, 6) is 0. The van der Waals surface area contributed by atoms with Crippen molar-refractivity contribution in [2.45, 2.75) is 13.3 Å². The van der Waals surface area contributed by atoms with Gasteiger partial charge < -0.3 is 15.1 Å². The van der Waals surface area contributed by atoms with E-state index in [0.29, 0.717) is 6.54 Å². The second-order valence-electron chi connectivity index (χ2n) is 6.87. The maximum absolute atomic E-state index is 12.5. The van der Waals surface area contributed by atoms with Crippen molar-refractivity contribution in [3.63, 3.8) is 0 Å². The number of carbonyl (C=O) groups is 1. The summed E-state index contributed by atoms with van der Waals surface area (Å²) in [6, 6.07) is 14.8. The van der Waals surface area contributed by atoms with Crippen LogP contribution in [-0.4, -0.2) is 48.6 Å². The van der Waals surface area contributed by atoms with Gasteiger partial charge in [0, 0.05) is 38.1 Å². The predicted molar refractivity (Wildman–Crippen MR) is 112 cm³/mol. The summed E-state index contributed by atoms with van der Waals surface area (Å²) in [5.41, 5.74) is 2.33. The highest BCUT2D eigenvalue weighted by atomic mass is 32.1. The van der Waals surface area contributed by atoms with Gasteiger partial charge in [0.2, 0.25) is 0 Å². The van der Waals surface area contributed by atoms with E-state index in [4.69, 9.17) is 0 Å². The summed E-state index contributed by atoms with van der Waals surface area (Å²) in [5, 5.41) is 8.72. The van der Waals surface area contributed by atoms with Crippen molar-refractivity contribution in [3.05, 3.63) is 59.1 Å². The van der Waals surface area contributed by atoms with Gasteiger partial charge in [-0.15, -0.1) is 11.3 Å². The standard InChI is InChI=1S/C21H24N4OS/c1-16-15-27-21(23-16)25-13-11-24(12-14-25)20(26)22-10-9-18-7-4-6-17-5-2-3-8-19(17)18/h2-8,15H,9-14H2,1H3,(H,22,26). The van der Waals surface area contributed by atoms with Crippen molar-refractivity contribution < 1.29 is 4.79 Å². The summed E-state index contributed by atoms with van der Waals surface area (Å²) in [6.07, 6.45) is 0.839. The predicted octanol–water partition coefficient (Wildman–Crippen LogP) is 3.68. The maximum atomic E-state index is 12.5. The van der Waals surface area contributed by atoms with Crippen LogP contribution in [0.1, 0.15) is 11.3 Å². The first kappa shape index (κ1) is 17.8. The monoisotopic (exact) mass is 380 g/mol. The first-order valence-electron chi connectivity index (χ1n) is 9.37. The highest BCUT2D eigenvalue weighted by molar-refractivity contribution is 7.13. The summed E-state index contributed by atoms with van der Waals surface area (Å²) in [4.78, 5) is 21.2. The van der Waals surface area contributed by atoms with E-state index < -0.39 is 0 Å². The number of aromatic nitrogens is 1. The molecule has 1 aliphatic heterocycles. The van der Waals surface area contributed by atoms with E-state index in [1.54, 1.807) is 11.3 Å². The van der Waals surface area contributed by atoms with Crippen LogP contribution in [0.4, 0.5) is 9.93 Å². The first-order chi connectivity index (χ1) is 13.2. The lowest BCUT2D eigenvalue weighted by atomic mass is 10.0. The summed E-state index contributed by atoms with van der Waals surface area (Å²) < 4.78 is 0. The second kappa shape index (κ2) is 7.96. The number of thiazole rings is 1. The van der Waals surface area contributed by atoms with E-state index in [1.165, 1.54) is 16.3 Å². The Morgan fingerprint density at radius 1 is 1.11 bits per heavy atom. The van der Waals surface area contributed by atoms with Gasteiger partial charge in [-0.1, -0.05) is 42.5 Å². The van der Waals surface area contributed by atoms with E-state index in [2.05, 4.69) is 63.0 Å². The van der Waals surface area contributed by atoms with Crippen molar-refractivity contribution in [2.75, 3.05) is 37.6 Å². The van der Waals surface area contributed by atoms with Crippen molar-refractivity contribution in [1.29, 1.82) is 0 Å². The lowest BCUT2D eigenvalue weighted by Crippen LogP contribution is -2.52. The fraction of sp³-hybridized carbons (Fsp3) is 0.333. The molecule has 1 aliphatic rings. The SMILES string of the molecule is Cc1csc(N2CCN(C(=O)NCCc3cccc4ccccc34)CC2)n1. The van der Waals surface area contributed by atoms with Gasteiger partial charge >= 0.3 is 6.03 Å². The number of nitrogens with zero attached hydrogens (tertiary/aromatic N) is 3. The largest absolute Gasteiger partial charge is 0.345 e. The molecule has 3 aromatic rings. The third-order valence-corrected chi connectivity index (χ3v) is 6.01. The van der Waals surface area contributed by atoms with Crippen LogP contribution in [0.25, 0.3) is 10.8 Å². The molecule has 6 heteroatoms. The van der Waals surface area contributed by atoms with Gasteiger partial charge in [0.05, 0.1) is 5.69 Å². The van der Waals surface area contributed by atoms with Gasteiger partial charge in [-0.25, -0.2) is 9.78 Å². The van der Waals surface area contributed by atoms with Crippen LogP contribution in [0.15, 0.2) is 47.8 Å². The molecule has 2 amide bonds. The maximum Gasteiger partial charge on any atom is 0.317 e. The number of amides is 2. The molecular formula is C21H24N4OS. The Bertz CT molecular complexity index is 925. The molecular weight excluding hydrogens is 356 g/mol. The first-order valence-corrected chi connectivity index (χ1v) is 10.3. The van der Waals surface area contributed by atoms with E-state index in [1.807, 2.05) is 11.8 Å². The molecule has 0 saturated carbocycles. The number of rotatable bonds is 4. The molecule has 1 fully saturated rings. The third kappa shape index (κ3) is 4.06. The summed E-state index contributed by atoms with van der Waals surface area (Å²) in [6.45, 7) is 5.81. The van der Waals surface area contributed by atoms with Crippen molar-refractivity contribution in [2.24, 2.45) is 0 Å². The molecule has 1 N–H and O–H groups in total. The topological polar surface area (TPSA) is 48.5 Å². The van der Waals surface area contributed by atoms with Crippen molar-refractivity contribution in [3.8, 4) is 0 Å². The van der Waals surface area contributed by atoms with Crippen LogP contribution in [0.3, 0.4) is 0 Å². The fourth-order valence-corrected chi connectivity index (χ4v) is 4.37. The summed E-state index contributed by atoms with van der Waals surface area (Å²) >= 11 is 1.67. The van der Waals surface area contributed by atoms with E-state index in [0.717, 1.165) is 43.4 Å². The third-order valence-electron chi connectivity index (χ3n) is 4.99. The molecule has 0 bridgehead atoms. The Morgan fingerprint density at radius 3 is 2.67 bits per heavy atom. The molecule has 1 saturated heterocycles.